The molecule has 0 bridgehead atoms. The monoisotopic (exact) mass is 274 g/mol. The van der Waals surface area contributed by atoms with Crippen molar-refractivity contribution >= 4 is 11.5 Å². The van der Waals surface area contributed by atoms with Gasteiger partial charge in [0.2, 0.25) is 0 Å². The van der Waals surface area contributed by atoms with E-state index in [0.717, 1.165) is 36.6 Å². The van der Waals surface area contributed by atoms with Crippen molar-refractivity contribution in [2.24, 2.45) is 5.73 Å². The van der Waals surface area contributed by atoms with Gasteiger partial charge in [-0.2, -0.15) is 0 Å². The molecule has 0 saturated heterocycles. The third-order valence-corrected chi connectivity index (χ3v) is 3.07. The van der Waals surface area contributed by atoms with E-state index in [0.29, 0.717) is 6.54 Å². The van der Waals surface area contributed by atoms with E-state index in [9.17, 15) is 4.39 Å². The first kappa shape index (κ1) is 14.4. The molecule has 0 unspecified atom stereocenters. The lowest BCUT2D eigenvalue weighted by Crippen LogP contribution is -2.22. The Kier molecular flexibility index (Phi) is 5.01. The number of nitrogens with zero attached hydrogens (tertiary/aromatic N) is 3. The summed E-state index contributed by atoms with van der Waals surface area (Å²) in [7, 11) is 0. The second kappa shape index (κ2) is 6.96. The molecule has 0 fully saturated rings. The number of benzene rings is 1. The number of rotatable bonds is 6. The van der Waals surface area contributed by atoms with Crippen molar-refractivity contribution in [1.29, 1.82) is 0 Å². The molecule has 0 aliphatic carbocycles. The first-order valence-electron chi connectivity index (χ1n) is 6.78. The second-order valence-electron chi connectivity index (χ2n) is 4.49. The molecular formula is C15H19FN4. The van der Waals surface area contributed by atoms with E-state index in [1.54, 1.807) is 18.5 Å². The molecule has 20 heavy (non-hydrogen) atoms. The maximum atomic E-state index is 13.1. The highest BCUT2D eigenvalue weighted by atomic mass is 19.1. The summed E-state index contributed by atoms with van der Waals surface area (Å²) in [6.07, 6.45) is 3.25. The third kappa shape index (κ3) is 3.51. The summed E-state index contributed by atoms with van der Waals surface area (Å²) in [5, 5.41) is 0. The number of anilines is 2. The standard InChI is InChI=1S/C15H19FN4/c1-2-13-10-15(19-11-18-13)20(9-3-8-17)14-6-4-12(16)5-7-14/h4-7,10-11H,2-3,8-9,17H2,1H3. The minimum atomic E-state index is -0.246. The van der Waals surface area contributed by atoms with Crippen LogP contribution in [0.1, 0.15) is 19.0 Å². The smallest absolute Gasteiger partial charge is 0.136 e. The molecule has 1 heterocycles. The van der Waals surface area contributed by atoms with Crippen molar-refractivity contribution in [3.05, 3.63) is 48.2 Å². The van der Waals surface area contributed by atoms with E-state index in [2.05, 4.69) is 9.97 Å². The predicted octanol–water partition coefficient (Wildman–Crippen LogP) is 2.67. The first-order chi connectivity index (χ1) is 9.74. The van der Waals surface area contributed by atoms with Crippen LogP contribution in [-0.4, -0.2) is 23.1 Å². The minimum absolute atomic E-state index is 0.246. The lowest BCUT2D eigenvalue weighted by atomic mass is 10.2. The van der Waals surface area contributed by atoms with Crippen molar-refractivity contribution < 1.29 is 4.39 Å². The van der Waals surface area contributed by atoms with Gasteiger partial charge in [0.05, 0.1) is 0 Å². The van der Waals surface area contributed by atoms with Gasteiger partial charge >= 0.3 is 0 Å². The van der Waals surface area contributed by atoms with Crippen LogP contribution in [0.15, 0.2) is 36.7 Å². The summed E-state index contributed by atoms with van der Waals surface area (Å²) < 4.78 is 13.1. The first-order valence-corrected chi connectivity index (χ1v) is 6.78. The molecule has 0 radical (unpaired) electrons. The van der Waals surface area contributed by atoms with E-state index >= 15 is 0 Å². The predicted molar refractivity (Wildman–Crippen MR) is 78.5 cm³/mol. The number of aryl methyl sites for hydroxylation is 1. The summed E-state index contributed by atoms with van der Waals surface area (Å²) >= 11 is 0. The van der Waals surface area contributed by atoms with Crippen molar-refractivity contribution in [3.63, 3.8) is 0 Å². The van der Waals surface area contributed by atoms with Crippen LogP contribution in [0.25, 0.3) is 0 Å². The quantitative estimate of drug-likeness (QED) is 0.880. The molecule has 0 saturated carbocycles. The van der Waals surface area contributed by atoms with Gasteiger partial charge in [0.15, 0.2) is 0 Å². The highest BCUT2D eigenvalue weighted by Gasteiger charge is 2.11. The van der Waals surface area contributed by atoms with Crippen LogP contribution >= 0.6 is 0 Å². The Balaban J connectivity index is 2.32. The molecule has 2 rings (SSSR count). The zero-order valence-corrected chi connectivity index (χ0v) is 11.6. The molecule has 0 amide bonds. The third-order valence-electron chi connectivity index (χ3n) is 3.07. The summed E-state index contributed by atoms with van der Waals surface area (Å²) in [6, 6.07) is 8.36. The number of halogens is 1. The van der Waals surface area contributed by atoms with Gasteiger partial charge in [-0.15, -0.1) is 0 Å². The molecule has 106 valence electrons. The summed E-state index contributed by atoms with van der Waals surface area (Å²) in [5.41, 5.74) is 7.48. The normalized spacial score (nSPS) is 10.6. The van der Waals surface area contributed by atoms with Gasteiger partial charge in [-0.1, -0.05) is 6.92 Å². The Bertz CT molecular complexity index is 542. The van der Waals surface area contributed by atoms with Gasteiger partial charge in [0.1, 0.15) is 18.0 Å². The van der Waals surface area contributed by atoms with Gasteiger partial charge < -0.3 is 10.6 Å². The molecule has 0 atom stereocenters. The van der Waals surface area contributed by atoms with E-state index in [1.165, 1.54) is 12.1 Å². The van der Waals surface area contributed by atoms with Crippen LogP contribution in [0.2, 0.25) is 0 Å². The summed E-state index contributed by atoms with van der Waals surface area (Å²) in [6.45, 7) is 3.39. The fourth-order valence-corrected chi connectivity index (χ4v) is 1.97. The molecule has 4 nitrogen and oxygen atoms in total. The van der Waals surface area contributed by atoms with Gasteiger partial charge in [0, 0.05) is 24.0 Å². The van der Waals surface area contributed by atoms with Gasteiger partial charge in [-0.05, 0) is 43.7 Å². The minimum Gasteiger partial charge on any atom is -0.330 e. The zero-order chi connectivity index (χ0) is 14.4. The van der Waals surface area contributed by atoms with Crippen molar-refractivity contribution in [2.75, 3.05) is 18.0 Å². The summed E-state index contributed by atoms with van der Waals surface area (Å²) in [5.74, 6) is 0.571. The van der Waals surface area contributed by atoms with Crippen molar-refractivity contribution in [3.8, 4) is 0 Å². The second-order valence-corrected chi connectivity index (χ2v) is 4.49. The molecule has 1 aromatic heterocycles. The van der Waals surface area contributed by atoms with E-state index in [-0.39, 0.29) is 5.82 Å². The number of hydrogen-bond acceptors (Lipinski definition) is 4. The van der Waals surface area contributed by atoms with Crippen LogP contribution < -0.4 is 10.6 Å². The highest BCUT2D eigenvalue weighted by Crippen LogP contribution is 2.24. The van der Waals surface area contributed by atoms with Gasteiger partial charge in [-0.25, -0.2) is 14.4 Å². The fraction of sp³-hybridized carbons (Fsp3) is 0.333. The van der Waals surface area contributed by atoms with Crippen LogP contribution in [-0.2, 0) is 6.42 Å². The average Bonchev–Trinajstić information content (AvgIpc) is 2.49. The van der Waals surface area contributed by atoms with E-state index in [4.69, 9.17) is 5.73 Å². The molecule has 2 N–H and O–H groups in total. The average molecular weight is 274 g/mol. The lowest BCUT2D eigenvalue weighted by molar-refractivity contribution is 0.627. The molecule has 0 spiro atoms. The van der Waals surface area contributed by atoms with E-state index < -0.39 is 0 Å². The molecular weight excluding hydrogens is 255 g/mol. The Morgan fingerprint density at radius 3 is 2.60 bits per heavy atom. The molecule has 5 heteroatoms. The maximum Gasteiger partial charge on any atom is 0.136 e. The van der Waals surface area contributed by atoms with Gasteiger partial charge in [-0.3, -0.25) is 0 Å². The largest absolute Gasteiger partial charge is 0.330 e. The van der Waals surface area contributed by atoms with Crippen LogP contribution in [0.5, 0.6) is 0 Å². The SMILES string of the molecule is CCc1cc(N(CCCN)c2ccc(F)cc2)ncn1. The van der Waals surface area contributed by atoms with Crippen LogP contribution in [0.3, 0.4) is 0 Å². The Hall–Kier alpha value is -2.01. The van der Waals surface area contributed by atoms with Crippen LogP contribution in [0.4, 0.5) is 15.9 Å². The molecule has 0 aliphatic rings. The fourth-order valence-electron chi connectivity index (χ4n) is 1.97. The zero-order valence-electron chi connectivity index (χ0n) is 11.6. The van der Waals surface area contributed by atoms with Crippen LogP contribution in [0, 0.1) is 5.82 Å². The molecule has 1 aromatic carbocycles. The molecule has 0 aliphatic heterocycles. The topological polar surface area (TPSA) is 55.0 Å². The van der Waals surface area contributed by atoms with Gasteiger partial charge in [0.25, 0.3) is 0 Å². The highest BCUT2D eigenvalue weighted by molar-refractivity contribution is 5.59. The lowest BCUT2D eigenvalue weighted by Gasteiger charge is -2.24. The Morgan fingerprint density at radius 1 is 1.20 bits per heavy atom. The molecule has 2 aromatic rings. The maximum absolute atomic E-state index is 13.1. The number of hydrogen-bond donors (Lipinski definition) is 1. The Morgan fingerprint density at radius 2 is 1.95 bits per heavy atom. The Labute approximate surface area is 118 Å². The number of aromatic nitrogens is 2. The summed E-state index contributed by atoms with van der Waals surface area (Å²) in [4.78, 5) is 10.6. The van der Waals surface area contributed by atoms with E-state index in [1.807, 2.05) is 17.9 Å². The number of nitrogens with two attached hydrogens (primary N) is 1. The van der Waals surface area contributed by atoms with Crippen molar-refractivity contribution in [2.45, 2.75) is 19.8 Å². The van der Waals surface area contributed by atoms with Crippen molar-refractivity contribution in [1.82, 2.24) is 9.97 Å².